The first-order valence-corrected chi connectivity index (χ1v) is 9.89. The number of hydrogen-bond acceptors (Lipinski definition) is 2. The van der Waals surface area contributed by atoms with Gasteiger partial charge in [-0.25, -0.2) is 0 Å². The highest BCUT2D eigenvalue weighted by Gasteiger charge is 2.23. The maximum atomic E-state index is 12.7. The van der Waals surface area contributed by atoms with E-state index in [1.807, 2.05) is 18.2 Å². The molecule has 3 nitrogen and oxygen atoms in total. The van der Waals surface area contributed by atoms with Crippen molar-refractivity contribution in [3.8, 4) is 0 Å². The number of para-hydroxylation sites is 1. The molecule has 26 heavy (non-hydrogen) atoms. The molecular weight excluding hydrogens is 320 g/mol. The lowest BCUT2D eigenvalue weighted by Gasteiger charge is -2.29. The van der Waals surface area contributed by atoms with Crippen molar-refractivity contribution in [3.63, 3.8) is 0 Å². The highest BCUT2D eigenvalue weighted by Crippen LogP contribution is 2.24. The van der Waals surface area contributed by atoms with Gasteiger partial charge in [-0.2, -0.15) is 0 Å². The molecule has 0 spiro atoms. The molecule has 3 rings (SSSR count). The number of carbonyl (C=O) groups is 1. The molecule has 1 aliphatic rings. The Balaban J connectivity index is 1.63. The van der Waals surface area contributed by atoms with Crippen molar-refractivity contribution in [1.82, 2.24) is 5.32 Å². The lowest BCUT2D eigenvalue weighted by Crippen LogP contribution is -2.41. The van der Waals surface area contributed by atoms with E-state index in [-0.39, 0.29) is 5.91 Å². The Kier molecular flexibility index (Phi) is 6.32. The van der Waals surface area contributed by atoms with Crippen LogP contribution in [0.3, 0.4) is 0 Å². The zero-order valence-electron chi connectivity index (χ0n) is 15.9. The van der Waals surface area contributed by atoms with Crippen molar-refractivity contribution in [1.29, 1.82) is 0 Å². The van der Waals surface area contributed by atoms with Gasteiger partial charge in [0.05, 0.1) is 0 Å². The lowest BCUT2D eigenvalue weighted by atomic mass is 9.86. The molecule has 2 N–H and O–H groups in total. The Morgan fingerprint density at radius 2 is 1.88 bits per heavy atom. The molecule has 1 saturated carbocycles. The van der Waals surface area contributed by atoms with Gasteiger partial charge < -0.3 is 10.6 Å². The molecule has 0 aliphatic heterocycles. The number of hydrogen-bond donors (Lipinski definition) is 2. The molecule has 2 aromatic carbocycles. The third-order valence-corrected chi connectivity index (χ3v) is 5.50. The summed E-state index contributed by atoms with van der Waals surface area (Å²) >= 11 is 0. The number of aryl methyl sites for hydroxylation is 1. The third kappa shape index (κ3) is 4.66. The molecule has 0 heterocycles. The van der Waals surface area contributed by atoms with Crippen LogP contribution in [0.15, 0.2) is 48.5 Å². The maximum Gasteiger partial charge on any atom is 0.251 e. The molecule has 0 radical (unpaired) electrons. The quantitative estimate of drug-likeness (QED) is 0.754. The van der Waals surface area contributed by atoms with E-state index < -0.39 is 0 Å². The van der Waals surface area contributed by atoms with Gasteiger partial charge in [0, 0.05) is 23.8 Å². The van der Waals surface area contributed by atoms with Gasteiger partial charge in [-0.1, -0.05) is 57.0 Å². The fraction of sp³-hybridized carbons (Fsp3) is 0.435. The van der Waals surface area contributed by atoms with Crippen molar-refractivity contribution >= 4 is 11.6 Å². The van der Waals surface area contributed by atoms with E-state index in [4.69, 9.17) is 0 Å². The Morgan fingerprint density at radius 3 is 2.69 bits per heavy atom. The van der Waals surface area contributed by atoms with Gasteiger partial charge in [0.2, 0.25) is 0 Å². The highest BCUT2D eigenvalue weighted by molar-refractivity contribution is 5.94. The summed E-state index contributed by atoms with van der Waals surface area (Å²) in [6.07, 6.45) is 5.82. The smallest absolute Gasteiger partial charge is 0.251 e. The zero-order valence-corrected chi connectivity index (χ0v) is 15.9. The van der Waals surface area contributed by atoms with Crippen LogP contribution in [0, 0.1) is 5.92 Å². The van der Waals surface area contributed by atoms with Gasteiger partial charge in [-0.05, 0) is 54.5 Å². The van der Waals surface area contributed by atoms with Gasteiger partial charge in [-0.3, -0.25) is 4.79 Å². The fourth-order valence-corrected chi connectivity index (χ4v) is 3.80. The Labute approximate surface area is 157 Å². The van der Waals surface area contributed by atoms with E-state index >= 15 is 0 Å². The van der Waals surface area contributed by atoms with Gasteiger partial charge in [0.25, 0.3) is 5.91 Å². The Morgan fingerprint density at radius 1 is 1.08 bits per heavy atom. The van der Waals surface area contributed by atoms with Gasteiger partial charge >= 0.3 is 0 Å². The summed E-state index contributed by atoms with van der Waals surface area (Å²) < 4.78 is 0. The molecule has 0 aromatic heterocycles. The summed E-state index contributed by atoms with van der Waals surface area (Å²) in [6.45, 7) is 5.13. The van der Waals surface area contributed by atoms with Crippen molar-refractivity contribution in [2.24, 2.45) is 5.92 Å². The van der Waals surface area contributed by atoms with Crippen LogP contribution in [-0.2, 0) is 13.0 Å². The van der Waals surface area contributed by atoms with Crippen LogP contribution in [0.25, 0.3) is 0 Å². The minimum Gasteiger partial charge on any atom is -0.381 e. The first-order chi connectivity index (χ1) is 12.7. The number of carbonyl (C=O) groups excluding carboxylic acids is 1. The second-order valence-electron chi connectivity index (χ2n) is 7.41. The van der Waals surface area contributed by atoms with Crippen LogP contribution in [0.1, 0.15) is 61.0 Å². The number of rotatable bonds is 6. The predicted octanol–water partition coefficient (Wildman–Crippen LogP) is 5.17. The van der Waals surface area contributed by atoms with Gasteiger partial charge in [0.15, 0.2) is 0 Å². The second-order valence-corrected chi connectivity index (χ2v) is 7.41. The van der Waals surface area contributed by atoms with Crippen LogP contribution in [0.5, 0.6) is 0 Å². The van der Waals surface area contributed by atoms with E-state index in [9.17, 15) is 4.79 Å². The van der Waals surface area contributed by atoms with Crippen LogP contribution in [0.4, 0.5) is 5.69 Å². The summed E-state index contributed by atoms with van der Waals surface area (Å²) in [4.78, 5) is 12.7. The Hall–Kier alpha value is -2.29. The molecule has 1 amide bonds. The summed E-state index contributed by atoms with van der Waals surface area (Å²) in [7, 11) is 0. The molecule has 2 aromatic rings. The first kappa shape index (κ1) is 18.5. The SMILES string of the molecule is CCc1ccccc1NCc1cccc(C(=O)NC2CCCCC2C)c1. The number of amides is 1. The predicted molar refractivity (Wildman–Crippen MR) is 108 cm³/mol. The van der Waals surface area contributed by atoms with E-state index in [0.717, 1.165) is 30.5 Å². The van der Waals surface area contributed by atoms with E-state index in [2.05, 4.69) is 54.8 Å². The van der Waals surface area contributed by atoms with Crippen molar-refractivity contribution in [3.05, 3.63) is 65.2 Å². The minimum absolute atomic E-state index is 0.0551. The summed E-state index contributed by atoms with van der Waals surface area (Å²) in [5, 5.41) is 6.75. The molecular formula is C23H30N2O. The third-order valence-electron chi connectivity index (χ3n) is 5.50. The van der Waals surface area contributed by atoms with Crippen LogP contribution >= 0.6 is 0 Å². The van der Waals surface area contributed by atoms with Crippen LogP contribution in [0.2, 0.25) is 0 Å². The number of nitrogens with one attached hydrogen (secondary N) is 2. The van der Waals surface area contributed by atoms with Crippen molar-refractivity contribution in [2.45, 2.75) is 58.5 Å². The summed E-state index contributed by atoms with van der Waals surface area (Å²) in [6, 6.07) is 16.7. The topological polar surface area (TPSA) is 41.1 Å². The molecule has 0 bridgehead atoms. The average Bonchev–Trinajstić information content (AvgIpc) is 2.68. The molecule has 3 heteroatoms. The molecule has 2 atom stereocenters. The second kappa shape index (κ2) is 8.88. The molecule has 1 fully saturated rings. The number of benzene rings is 2. The molecule has 2 unspecified atom stereocenters. The van der Waals surface area contributed by atoms with E-state index in [0.29, 0.717) is 12.0 Å². The average molecular weight is 351 g/mol. The van der Waals surface area contributed by atoms with Crippen LogP contribution < -0.4 is 10.6 Å². The van der Waals surface area contributed by atoms with Crippen molar-refractivity contribution in [2.75, 3.05) is 5.32 Å². The molecule has 138 valence electrons. The summed E-state index contributed by atoms with van der Waals surface area (Å²) in [5.41, 5.74) is 4.36. The zero-order chi connectivity index (χ0) is 18.4. The van der Waals surface area contributed by atoms with Gasteiger partial charge in [-0.15, -0.1) is 0 Å². The minimum atomic E-state index is 0.0551. The Bertz CT molecular complexity index is 740. The van der Waals surface area contributed by atoms with Crippen LogP contribution in [-0.4, -0.2) is 11.9 Å². The van der Waals surface area contributed by atoms with Crippen molar-refractivity contribution < 1.29 is 4.79 Å². The van der Waals surface area contributed by atoms with E-state index in [1.54, 1.807) is 0 Å². The molecule has 0 saturated heterocycles. The largest absolute Gasteiger partial charge is 0.381 e. The van der Waals surface area contributed by atoms with E-state index in [1.165, 1.54) is 30.5 Å². The highest BCUT2D eigenvalue weighted by atomic mass is 16.1. The maximum absolute atomic E-state index is 12.7. The lowest BCUT2D eigenvalue weighted by molar-refractivity contribution is 0.0910. The normalized spacial score (nSPS) is 19.8. The summed E-state index contributed by atoms with van der Waals surface area (Å²) in [5.74, 6) is 0.627. The monoisotopic (exact) mass is 350 g/mol. The molecule has 1 aliphatic carbocycles. The first-order valence-electron chi connectivity index (χ1n) is 9.89. The number of anilines is 1. The standard InChI is InChI=1S/C23H30N2O/c1-3-19-11-5-7-14-22(19)24-16-18-10-8-12-20(15-18)23(26)25-21-13-6-4-9-17(21)2/h5,7-8,10-12,14-15,17,21,24H,3-4,6,9,13,16H2,1-2H3,(H,25,26). The van der Waals surface area contributed by atoms with Gasteiger partial charge in [0.1, 0.15) is 0 Å². The fourth-order valence-electron chi connectivity index (χ4n) is 3.80.